The van der Waals surface area contributed by atoms with E-state index in [2.05, 4.69) is 0 Å². The minimum atomic E-state index is -4.40. The van der Waals surface area contributed by atoms with Crippen LogP contribution in [0.1, 0.15) is 25.5 Å². The highest BCUT2D eigenvalue weighted by atomic mass is 32.2. The summed E-state index contributed by atoms with van der Waals surface area (Å²) in [5.74, 6) is -0.990. The van der Waals surface area contributed by atoms with Crippen LogP contribution in [0.5, 0.6) is 0 Å². The fourth-order valence-electron chi connectivity index (χ4n) is 2.13. The third-order valence-corrected chi connectivity index (χ3v) is 4.03. The summed E-state index contributed by atoms with van der Waals surface area (Å²) in [6, 6.07) is 6.95. The highest BCUT2D eigenvalue weighted by Gasteiger charge is 2.47. The molecule has 1 aliphatic rings. The summed E-state index contributed by atoms with van der Waals surface area (Å²) in [6.45, 7) is 3.33. The predicted octanol–water partition coefficient (Wildman–Crippen LogP) is 1.15. The molecule has 2 unspecified atom stereocenters. The van der Waals surface area contributed by atoms with E-state index in [-0.39, 0.29) is 0 Å². The molecule has 0 bridgehead atoms. The van der Waals surface area contributed by atoms with Gasteiger partial charge in [0.1, 0.15) is 6.10 Å². The Kier molecular flexibility index (Phi) is 3.78. The van der Waals surface area contributed by atoms with Crippen LogP contribution in [0.3, 0.4) is 0 Å². The summed E-state index contributed by atoms with van der Waals surface area (Å²) in [6.07, 6.45) is -1.72. The van der Waals surface area contributed by atoms with Gasteiger partial charge in [-0.1, -0.05) is 18.2 Å². The summed E-state index contributed by atoms with van der Waals surface area (Å²) in [4.78, 5) is 0. The van der Waals surface area contributed by atoms with E-state index < -0.39 is 28.4 Å². The SMILES string of the molecule is CN(C1OC(C)(C)OC1c1ccccc1N)S(=O)(=O)O. The number of nitrogen functional groups attached to an aromatic ring is 1. The van der Waals surface area contributed by atoms with Crippen molar-refractivity contribution in [3.05, 3.63) is 29.8 Å². The Hall–Kier alpha value is -1.19. The molecule has 1 fully saturated rings. The number of nitrogens with two attached hydrogens (primary N) is 1. The first-order chi connectivity index (χ1) is 9.12. The monoisotopic (exact) mass is 302 g/mol. The van der Waals surface area contributed by atoms with Crippen LogP contribution in [0.25, 0.3) is 0 Å². The third-order valence-electron chi connectivity index (χ3n) is 3.10. The fourth-order valence-corrected chi connectivity index (χ4v) is 2.54. The molecule has 0 spiro atoms. The van der Waals surface area contributed by atoms with Crippen molar-refractivity contribution in [1.82, 2.24) is 4.31 Å². The molecule has 1 saturated heterocycles. The largest absolute Gasteiger partial charge is 0.398 e. The lowest BCUT2D eigenvalue weighted by Crippen LogP contribution is -2.40. The first-order valence-electron chi connectivity index (χ1n) is 6.02. The number of ether oxygens (including phenoxy) is 2. The second kappa shape index (κ2) is 4.97. The van der Waals surface area contributed by atoms with Crippen LogP contribution < -0.4 is 5.73 Å². The van der Waals surface area contributed by atoms with E-state index >= 15 is 0 Å². The van der Waals surface area contributed by atoms with Crippen molar-refractivity contribution >= 4 is 16.0 Å². The van der Waals surface area contributed by atoms with Gasteiger partial charge in [-0.2, -0.15) is 12.7 Å². The first kappa shape index (κ1) is 15.2. The Bertz CT molecular complexity index is 602. The molecule has 0 amide bonds. The van der Waals surface area contributed by atoms with Gasteiger partial charge in [-0.15, -0.1) is 0 Å². The van der Waals surface area contributed by atoms with E-state index in [1.165, 1.54) is 7.05 Å². The fraction of sp³-hybridized carbons (Fsp3) is 0.500. The van der Waals surface area contributed by atoms with Gasteiger partial charge in [0.05, 0.1) is 0 Å². The number of para-hydroxylation sites is 1. The van der Waals surface area contributed by atoms with Crippen molar-refractivity contribution in [2.45, 2.75) is 32.0 Å². The second-order valence-corrected chi connectivity index (χ2v) is 6.54. The molecule has 20 heavy (non-hydrogen) atoms. The van der Waals surface area contributed by atoms with E-state index in [1.807, 2.05) is 0 Å². The van der Waals surface area contributed by atoms with E-state index in [1.54, 1.807) is 38.1 Å². The molecular weight excluding hydrogens is 284 g/mol. The van der Waals surface area contributed by atoms with Crippen LogP contribution in [0.2, 0.25) is 0 Å². The summed E-state index contributed by atoms with van der Waals surface area (Å²) < 4.78 is 43.8. The Labute approximate surface area is 118 Å². The standard InChI is InChI=1S/C12H18N2O5S/c1-12(2)18-10(8-6-4-5-7-9(8)13)11(19-12)14(3)20(15,16)17/h4-7,10-11H,13H2,1-3H3,(H,15,16,17). The highest BCUT2D eigenvalue weighted by molar-refractivity contribution is 7.83. The van der Waals surface area contributed by atoms with Gasteiger partial charge in [-0.25, -0.2) is 0 Å². The minimum Gasteiger partial charge on any atom is -0.398 e. The minimum absolute atomic E-state index is 0.465. The zero-order chi connectivity index (χ0) is 15.1. The zero-order valence-electron chi connectivity index (χ0n) is 11.5. The summed E-state index contributed by atoms with van der Waals surface area (Å²) in [5.41, 5.74) is 6.97. The van der Waals surface area contributed by atoms with E-state index in [4.69, 9.17) is 15.2 Å². The smallest absolute Gasteiger partial charge is 0.337 e. The lowest BCUT2D eigenvalue weighted by Gasteiger charge is -2.24. The van der Waals surface area contributed by atoms with Crippen molar-refractivity contribution in [3.63, 3.8) is 0 Å². The maximum Gasteiger partial charge on any atom is 0.337 e. The molecule has 0 saturated carbocycles. The Morgan fingerprint density at radius 1 is 1.30 bits per heavy atom. The van der Waals surface area contributed by atoms with Gasteiger partial charge in [0.15, 0.2) is 12.0 Å². The average molecular weight is 302 g/mol. The number of hydrogen-bond acceptors (Lipinski definition) is 5. The second-order valence-electron chi connectivity index (χ2n) is 5.07. The quantitative estimate of drug-likeness (QED) is 0.641. The molecule has 2 atom stereocenters. The van der Waals surface area contributed by atoms with Gasteiger partial charge in [0.2, 0.25) is 0 Å². The zero-order valence-corrected chi connectivity index (χ0v) is 12.3. The van der Waals surface area contributed by atoms with Crippen LogP contribution in [-0.4, -0.2) is 36.3 Å². The molecule has 3 N–H and O–H groups in total. The molecule has 8 heteroatoms. The van der Waals surface area contributed by atoms with Gasteiger partial charge >= 0.3 is 10.3 Å². The summed E-state index contributed by atoms with van der Waals surface area (Å²) in [5, 5.41) is 0. The van der Waals surface area contributed by atoms with Crippen LogP contribution in [0.15, 0.2) is 24.3 Å². The molecular formula is C12H18N2O5S. The molecule has 0 aliphatic carbocycles. The number of anilines is 1. The summed E-state index contributed by atoms with van der Waals surface area (Å²) >= 11 is 0. The van der Waals surface area contributed by atoms with Gasteiger partial charge in [0, 0.05) is 18.3 Å². The molecule has 0 radical (unpaired) electrons. The normalized spacial score (nSPS) is 26.1. The average Bonchev–Trinajstić information content (AvgIpc) is 2.63. The lowest BCUT2D eigenvalue weighted by atomic mass is 10.1. The first-order valence-corrected chi connectivity index (χ1v) is 7.42. The molecule has 1 aromatic rings. The molecule has 7 nitrogen and oxygen atoms in total. The van der Waals surface area contributed by atoms with Gasteiger partial charge in [0.25, 0.3) is 0 Å². The van der Waals surface area contributed by atoms with Gasteiger partial charge in [-0.05, 0) is 19.9 Å². The molecule has 1 aliphatic heterocycles. The highest BCUT2D eigenvalue weighted by Crippen LogP contribution is 2.41. The maximum absolute atomic E-state index is 11.3. The van der Waals surface area contributed by atoms with E-state index in [0.29, 0.717) is 11.3 Å². The van der Waals surface area contributed by atoms with Crippen LogP contribution in [0, 0.1) is 0 Å². The molecule has 1 aromatic carbocycles. The van der Waals surface area contributed by atoms with Gasteiger partial charge in [-0.3, -0.25) is 4.55 Å². The number of hydrogen-bond donors (Lipinski definition) is 2. The van der Waals surface area contributed by atoms with Crippen molar-refractivity contribution < 1.29 is 22.4 Å². The third kappa shape index (κ3) is 2.94. The number of nitrogens with zero attached hydrogens (tertiary/aromatic N) is 1. The van der Waals surface area contributed by atoms with E-state index in [9.17, 15) is 13.0 Å². The van der Waals surface area contributed by atoms with Crippen molar-refractivity contribution in [1.29, 1.82) is 0 Å². The maximum atomic E-state index is 11.3. The molecule has 112 valence electrons. The van der Waals surface area contributed by atoms with Crippen molar-refractivity contribution in [3.8, 4) is 0 Å². The van der Waals surface area contributed by atoms with Gasteiger partial charge < -0.3 is 15.2 Å². The van der Waals surface area contributed by atoms with Crippen molar-refractivity contribution in [2.24, 2.45) is 0 Å². The Morgan fingerprint density at radius 3 is 2.45 bits per heavy atom. The molecule has 1 heterocycles. The van der Waals surface area contributed by atoms with Crippen LogP contribution in [0.4, 0.5) is 5.69 Å². The van der Waals surface area contributed by atoms with Crippen LogP contribution >= 0.6 is 0 Å². The number of benzene rings is 1. The molecule has 0 aromatic heterocycles. The summed E-state index contributed by atoms with van der Waals surface area (Å²) in [7, 11) is -3.18. The predicted molar refractivity (Wildman–Crippen MR) is 72.9 cm³/mol. The topological polar surface area (TPSA) is 102 Å². The van der Waals surface area contributed by atoms with E-state index in [0.717, 1.165) is 4.31 Å². The number of rotatable bonds is 3. The Balaban J connectivity index is 2.42. The lowest BCUT2D eigenvalue weighted by molar-refractivity contribution is -0.154. The number of likely N-dealkylation sites (N-methyl/N-ethyl adjacent to an activating group) is 1. The van der Waals surface area contributed by atoms with Crippen LogP contribution in [-0.2, 0) is 19.8 Å². The Morgan fingerprint density at radius 2 is 1.90 bits per heavy atom. The molecule has 2 rings (SSSR count). The van der Waals surface area contributed by atoms with Crippen molar-refractivity contribution in [2.75, 3.05) is 12.8 Å².